The molecule has 0 bridgehead atoms. The molecule has 0 spiro atoms. The average Bonchev–Trinajstić information content (AvgIpc) is 2.86. The Labute approximate surface area is 105 Å². The molecule has 0 amide bonds. The first-order valence-corrected chi connectivity index (χ1v) is 6.61. The van der Waals surface area contributed by atoms with Crippen LogP contribution >= 0.6 is 11.3 Å². The highest BCUT2D eigenvalue weighted by molar-refractivity contribution is 7.08. The fraction of sp³-hybridized carbons (Fsp3) is 0.385. The Morgan fingerprint density at radius 1 is 1.53 bits per heavy atom. The first-order chi connectivity index (χ1) is 8.20. The minimum atomic E-state index is 0.420. The van der Waals surface area contributed by atoms with Crippen LogP contribution in [0.25, 0.3) is 11.3 Å². The van der Waals surface area contributed by atoms with E-state index in [9.17, 15) is 0 Å². The maximum atomic E-state index is 8.85. The number of nitrogens with zero attached hydrogens (tertiary/aromatic N) is 3. The molecule has 0 unspecified atom stereocenters. The van der Waals surface area contributed by atoms with Gasteiger partial charge in [0.05, 0.1) is 18.2 Å². The molecule has 0 radical (unpaired) electrons. The number of nitriles is 1. The number of rotatable bonds is 4. The zero-order valence-electron chi connectivity index (χ0n) is 10.1. The molecular formula is C13H15N3S. The van der Waals surface area contributed by atoms with E-state index in [4.69, 9.17) is 5.26 Å². The van der Waals surface area contributed by atoms with Gasteiger partial charge in [-0.1, -0.05) is 13.8 Å². The number of thiophene rings is 1. The van der Waals surface area contributed by atoms with Crippen molar-refractivity contribution in [3.8, 4) is 17.3 Å². The molecule has 17 heavy (non-hydrogen) atoms. The van der Waals surface area contributed by atoms with Gasteiger partial charge in [0.15, 0.2) is 0 Å². The Kier molecular flexibility index (Phi) is 3.60. The van der Waals surface area contributed by atoms with E-state index in [0.717, 1.165) is 23.4 Å². The van der Waals surface area contributed by atoms with E-state index < -0.39 is 0 Å². The Morgan fingerprint density at radius 2 is 2.35 bits per heavy atom. The lowest BCUT2D eigenvalue weighted by atomic mass is 10.1. The second-order valence-electron chi connectivity index (χ2n) is 4.47. The molecule has 4 heteroatoms. The second-order valence-corrected chi connectivity index (χ2v) is 5.25. The minimum Gasteiger partial charge on any atom is -0.272 e. The molecule has 2 aromatic heterocycles. The van der Waals surface area contributed by atoms with E-state index in [1.807, 2.05) is 22.3 Å². The summed E-state index contributed by atoms with van der Waals surface area (Å²) in [5.41, 5.74) is 3.09. The van der Waals surface area contributed by atoms with Gasteiger partial charge in [-0.3, -0.25) is 4.68 Å². The average molecular weight is 245 g/mol. The highest BCUT2D eigenvalue weighted by Gasteiger charge is 2.11. The van der Waals surface area contributed by atoms with E-state index in [0.29, 0.717) is 12.3 Å². The maximum absolute atomic E-state index is 8.85. The standard InChI is InChI=1S/C13H15N3S/c1-10(2)7-16-8-11(3-5-14)13(15-16)12-4-6-17-9-12/h4,6,8-10H,3,7H2,1-2H3. The van der Waals surface area contributed by atoms with Gasteiger partial charge in [-0.2, -0.15) is 21.7 Å². The van der Waals surface area contributed by atoms with Crippen molar-refractivity contribution < 1.29 is 0 Å². The fourth-order valence-corrected chi connectivity index (χ4v) is 2.43. The van der Waals surface area contributed by atoms with Gasteiger partial charge in [0.1, 0.15) is 0 Å². The fourth-order valence-electron chi connectivity index (χ4n) is 1.79. The third-order valence-electron chi connectivity index (χ3n) is 2.45. The highest BCUT2D eigenvalue weighted by atomic mass is 32.1. The van der Waals surface area contributed by atoms with Crippen molar-refractivity contribution in [3.05, 3.63) is 28.6 Å². The quantitative estimate of drug-likeness (QED) is 0.829. The Bertz CT molecular complexity index is 517. The molecule has 0 fully saturated rings. The van der Waals surface area contributed by atoms with Gasteiger partial charge >= 0.3 is 0 Å². The van der Waals surface area contributed by atoms with Crippen molar-refractivity contribution >= 4 is 11.3 Å². The molecule has 0 aromatic carbocycles. The summed E-state index contributed by atoms with van der Waals surface area (Å²) < 4.78 is 1.95. The second kappa shape index (κ2) is 5.15. The number of hydrogen-bond acceptors (Lipinski definition) is 3. The van der Waals surface area contributed by atoms with E-state index in [1.165, 1.54) is 0 Å². The molecule has 0 atom stereocenters. The molecule has 3 nitrogen and oxygen atoms in total. The van der Waals surface area contributed by atoms with Gasteiger partial charge in [-0.15, -0.1) is 0 Å². The van der Waals surface area contributed by atoms with E-state index >= 15 is 0 Å². The number of hydrogen-bond donors (Lipinski definition) is 0. The molecule has 0 aliphatic rings. The topological polar surface area (TPSA) is 41.6 Å². The lowest BCUT2D eigenvalue weighted by molar-refractivity contribution is 0.484. The molecule has 88 valence electrons. The predicted molar refractivity (Wildman–Crippen MR) is 69.7 cm³/mol. The molecule has 0 N–H and O–H groups in total. The van der Waals surface area contributed by atoms with Crippen molar-refractivity contribution in [1.29, 1.82) is 5.26 Å². The summed E-state index contributed by atoms with van der Waals surface area (Å²) in [7, 11) is 0. The van der Waals surface area contributed by atoms with Crippen LogP contribution in [0.2, 0.25) is 0 Å². The van der Waals surface area contributed by atoms with Gasteiger partial charge in [-0.25, -0.2) is 0 Å². The van der Waals surface area contributed by atoms with Crippen molar-refractivity contribution in [1.82, 2.24) is 9.78 Å². The van der Waals surface area contributed by atoms with E-state index in [-0.39, 0.29) is 0 Å². The van der Waals surface area contributed by atoms with Crippen LogP contribution in [0.3, 0.4) is 0 Å². The van der Waals surface area contributed by atoms with Crippen LogP contribution in [-0.2, 0) is 13.0 Å². The van der Waals surface area contributed by atoms with Gasteiger partial charge in [0.25, 0.3) is 0 Å². The van der Waals surface area contributed by atoms with Crippen LogP contribution < -0.4 is 0 Å². The molecule has 2 heterocycles. The van der Waals surface area contributed by atoms with E-state index in [2.05, 4.69) is 30.4 Å². The molecule has 2 rings (SSSR count). The molecule has 0 saturated carbocycles. The highest BCUT2D eigenvalue weighted by Crippen LogP contribution is 2.24. The summed E-state index contributed by atoms with van der Waals surface area (Å²) in [5, 5.41) is 17.5. The zero-order valence-corrected chi connectivity index (χ0v) is 10.9. The first-order valence-electron chi connectivity index (χ1n) is 5.66. The summed E-state index contributed by atoms with van der Waals surface area (Å²) in [6, 6.07) is 4.25. The van der Waals surface area contributed by atoms with Gasteiger partial charge < -0.3 is 0 Å². The van der Waals surface area contributed by atoms with Crippen LogP contribution in [0.1, 0.15) is 19.4 Å². The summed E-state index contributed by atoms with van der Waals surface area (Å²) in [4.78, 5) is 0. The smallest absolute Gasteiger partial charge is 0.0973 e. The van der Waals surface area contributed by atoms with Crippen LogP contribution in [-0.4, -0.2) is 9.78 Å². The largest absolute Gasteiger partial charge is 0.272 e. The monoisotopic (exact) mass is 245 g/mol. The van der Waals surface area contributed by atoms with E-state index in [1.54, 1.807) is 11.3 Å². The third-order valence-corrected chi connectivity index (χ3v) is 3.14. The van der Waals surface area contributed by atoms with Gasteiger partial charge in [-0.05, 0) is 17.4 Å². The minimum absolute atomic E-state index is 0.420. The summed E-state index contributed by atoms with van der Waals surface area (Å²) >= 11 is 1.65. The van der Waals surface area contributed by atoms with Crippen LogP contribution in [0.5, 0.6) is 0 Å². The summed E-state index contributed by atoms with van der Waals surface area (Å²) in [6.07, 6.45) is 2.42. The Morgan fingerprint density at radius 3 is 2.94 bits per heavy atom. The normalized spacial score (nSPS) is 10.7. The molecular weight excluding hydrogens is 230 g/mol. The first kappa shape index (κ1) is 11.9. The number of aromatic nitrogens is 2. The van der Waals surface area contributed by atoms with Crippen LogP contribution in [0.15, 0.2) is 23.0 Å². The van der Waals surface area contributed by atoms with Crippen molar-refractivity contribution in [2.75, 3.05) is 0 Å². The lowest BCUT2D eigenvalue weighted by Gasteiger charge is -2.03. The predicted octanol–water partition coefficient (Wildman–Crippen LogP) is 3.33. The molecule has 0 aliphatic carbocycles. The Balaban J connectivity index is 2.36. The summed E-state index contributed by atoms with van der Waals surface area (Å²) in [6.45, 7) is 5.22. The third kappa shape index (κ3) is 2.75. The Hall–Kier alpha value is -1.60. The SMILES string of the molecule is CC(C)Cn1cc(CC#N)c(-c2ccsc2)n1. The molecule has 2 aromatic rings. The van der Waals surface area contributed by atoms with Crippen molar-refractivity contribution in [3.63, 3.8) is 0 Å². The van der Waals surface area contributed by atoms with Crippen LogP contribution in [0.4, 0.5) is 0 Å². The van der Waals surface area contributed by atoms with Crippen LogP contribution in [0, 0.1) is 17.2 Å². The van der Waals surface area contributed by atoms with Gasteiger partial charge in [0, 0.05) is 29.2 Å². The zero-order chi connectivity index (χ0) is 12.3. The van der Waals surface area contributed by atoms with Crippen molar-refractivity contribution in [2.24, 2.45) is 5.92 Å². The molecule has 0 saturated heterocycles. The lowest BCUT2D eigenvalue weighted by Crippen LogP contribution is -2.04. The van der Waals surface area contributed by atoms with Gasteiger partial charge in [0.2, 0.25) is 0 Å². The molecule has 0 aliphatic heterocycles. The van der Waals surface area contributed by atoms with Crippen molar-refractivity contribution in [2.45, 2.75) is 26.8 Å². The summed E-state index contributed by atoms with van der Waals surface area (Å²) in [5.74, 6) is 0.556. The maximum Gasteiger partial charge on any atom is 0.0973 e.